The molecule has 2 aromatic rings. The molecule has 5 nitrogen and oxygen atoms in total. The van der Waals surface area contributed by atoms with Gasteiger partial charge in [0, 0.05) is 10.7 Å². The zero-order valence-corrected chi connectivity index (χ0v) is 13.4. The first-order valence-electron chi connectivity index (χ1n) is 6.67. The summed E-state index contributed by atoms with van der Waals surface area (Å²) in [7, 11) is 0. The number of carbonyl (C=O) groups excluding carboxylic acids is 1. The molecule has 0 fully saturated rings. The molecule has 0 heterocycles. The number of amides is 1. The van der Waals surface area contributed by atoms with E-state index in [1.54, 1.807) is 24.3 Å². The van der Waals surface area contributed by atoms with Crippen LogP contribution in [0, 0.1) is 0 Å². The Bertz CT molecular complexity index is 717. The van der Waals surface area contributed by atoms with Crippen LogP contribution in [-0.2, 0) is 4.79 Å². The van der Waals surface area contributed by atoms with Crippen molar-refractivity contribution in [3.05, 3.63) is 58.1 Å². The maximum absolute atomic E-state index is 11.8. The average molecular weight is 354 g/mol. The van der Waals surface area contributed by atoms with Crippen molar-refractivity contribution in [2.75, 3.05) is 11.9 Å². The monoisotopic (exact) mass is 353 g/mol. The molecule has 0 aliphatic rings. The molecular weight excluding hydrogens is 341 g/mol. The summed E-state index contributed by atoms with van der Waals surface area (Å²) in [5.74, 6) is -0.836. The Hall–Kier alpha value is -2.24. The van der Waals surface area contributed by atoms with Crippen LogP contribution in [-0.4, -0.2) is 23.6 Å². The number of halogens is 2. The smallest absolute Gasteiger partial charge is 0.337 e. The number of anilines is 1. The summed E-state index contributed by atoms with van der Waals surface area (Å²) in [5.41, 5.74) is 0.296. The van der Waals surface area contributed by atoms with Crippen molar-refractivity contribution in [2.45, 2.75) is 6.42 Å². The highest BCUT2D eigenvalue weighted by Crippen LogP contribution is 2.21. The van der Waals surface area contributed by atoms with Gasteiger partial charge in [-0.05, 0) is 42.5 Å². The predicted molar refractivity (Wildman–Crippen MR) is 88.6 cm³/mol. The van der Waals surface area contributed by atoms with Crippen molar-refractivity contribution in [1.29, 1.82) is 0 Å². The Morgan fingerprint density at radius 3 is 2.43 bits per heavy atom. The summed E-state index contributed by atoms with van der Waals surface area (Å²) in [4.78, 5) is 22.8. The van der Waals surface area contributed by atoms with Crippen molar-refractivity contribution in [1.82, 2.24) is 0 Å². The Labute approximate surface area is 142 Å². The average Bonchev–Trinajstić information content (AvgIpc) is 2.51. The minimum atomic E-state index is -1.16. The van der Waals surface area contributed by atoms with Gasteiger partial charge in [-0.15, -0.1) is 0 Å². The molecule has 7 heteroatoms. The molecule has 0 bridgehead atoms. The van der Waals surface area contributed by atoms with Crippen LogP contribution in [0.15, 0.2) is 42.5 Å². The SMILES string of the molecule is O=C(CCOc1ccc(Cl)cc1)Nc1ccc(Cl)c(C(=O)O)c1. The van der Waals surface area contributed by atoms with Gasteiger partial charge in [-0.2, -0.15) is 0 Å². The van der Waals surface area contributed by atoms with Gasteiger partial charge in [0.25, 0.3) is 0 Å². The highest BCUT2D eigenvalue weighted by Gasteiger charge is 2.11. The predicted octanol–water partition coefficient (Wildman–Crippen LogP) is 4.10. The van der Waals surface area contributed by atoms with Crippen molar-refractivity contribution >= 4 is 40.8 Å². The van der Waals surface area contributed by atoms with Gasteiger partial charge in [0.15, 0.2) is 0 Å². The number of ether oxygens (including phenoxy) is 1. The van der Waals surface area contributed by atoms with E-state index < -0.39 is 5.97 Å². The quantitative estimate of drug-likeness (QED) is 0.819. The van der Waals surface area contributed by atoms with E-state index in [1.807, 2.05) is 0 Å². The summed E-state index contributed by atoms with van der Waals surface area (Å²) in [6, 6.07) is 11.1. The number of aromatic carboxylic acids is 1. The number of hydrogen-bond acceptors (Lipinski definition) is 3. The third-order valence-electron chi connectivity index (χ3n) is 2.89. The molecule has 0 aliphatic heterocycles. The molecular formula is C16H13Cl2NO4. The third kappa shape index (κ3) is 5.16. The minimum Gasteiger partial charge on any atom is -0.493 e. The maximum Gasteiger partial charge on any atom is 0.337 e. The molecule has 1 amide bonds. The molecule has 120 valence electrons. The second kappa shape index (κ2) is 7.85. The first-order chi connectivity index (χ1) is 11.0. The molecule has 2 N–H and O–H groups in total. The minimum absolute atomic E-state index is 0.0677. The van der Waals surface area contributed by atoms with Gasteiger partial charge < -0.3 is 15.2 Å². The highest BCUT2D eigenvalue weighted by molar-refractivity contribution is 6.33. The fraction of sp³-hybridized carbons (Fsp3) is 0.125. The Balaban J connectivity index is 1.86. The van der Waals surface area contributed by atoms with E-state index >= 15 is 0 Å². The lowest BCUT2D eigenvalue weighted by atomic mass is 10.2. The van der Waals surface area contributed by atoms with E-state index in [0.717, 1.165) is 0 Å². The van der Waals surface area contributed by atoms with E-state index in [0.29, 0.717) is 16.5 Å². The molecule has 23 heavy (non-hydrogen) atoms. The lowest BCUT2D eigenvalue weighted by molar-refractivity contribution is -0.116. The van der Waals surface area contributed by atoms with Crippen molar-refractivity contribution in [3.8, 4) is 5.75 Å². The Morgan fingerprint density at radius 1 is 1.09 bits per heavy atom. The molecule has 0 spiro atoms. The summed E-state index contributed by atoms with van der Waals surface area (Å²) in [6.07, 6.45) is 0.119. The van der Waals surface area contributed by atoms with Crippen LogP contribution >= 0.6 is 23.2 Å². The molecule has 0 saturated heterocycles. The largest absolute Gasteiger partial charge is 0.493 e. The summed E-state index contributed by atoms with van der Waals surface area (Å²) in [5, 5.41) is 12.3. The van der Waals surface area contributed by atoms with Crippen LogP contribution in [0.1, 0.15) is 16.8 Å². The number of hydrogen-bond donors (Lipinski definition) is 2. The first kappa shape index (κ1) is 17.1. The molecule has 0 radical (unpaired) electrons. The molecule has 0 saturated carbocycles. The van der Waals surface area contributed by atoms with Crippen LogP contribution in [0.2, 0.25) is 10.0 Å². The number of carbonyl (C=O) groups is 2. The van der Waals surface area contributed by atoms with Gasteiger partial charge in [-0.3, -0.25) is 4.79 Å². The zero-order chi connectivity index (χ0) is 16.8. The van der Waals surface area contributed by atoms with Crippen molar-refractivity contribution in [3.63, 3.8) is 0 Å². The van der Waals surface area contributed by atoms with E-state index in [1.165, 1.54) is 18.2 Å². The maximum atomic E-state index is 11.8. The first-order valence-corrected chi connectivity index (χ1v) is 7.42. The molecule has 0 atom stereocenters. The van der Waals surface area contributed by atoms with E-state index in [9.17, 15) is 9.59 Å². The van der Waals surface area contributed by atoms with E-state index in [2.05, 4.69) is 5.32 Å². The summed E-state index contributed by atoms with van der Waals surface area (Å²) >= 11 is 11.5. The third-order valence-corrected chi connectivity index (χ3v) is 3.47. The fourth-order valence-corrected chi connectivity index (χ4v) is 2.11. The standard InChI is InChI=1S/C16H13Cl2NO4/c17-10-1-4-12(5-2-10)23-8-7-15(20)19-11-3-6-14(18)13(9-11)16(21)22/h1-6,9H,7-8H2,(H,19,20)(H,21,22). The van der Waals surface area contributed by atoms with Crippen molar-refractivity contribution < 1.29 is 19.4 Å². The van der Waals surface area contributed by atoms with E-state index in [-0.39, 0.29) is 29.5 Å². The van der Waals surface area contributed by atoms with E-state index in [4.69, 9.17) is 33.0 Å². The molecule has 0 aliphatic carbocycles. The van der Waals surface area contributed by atoms with Gasteiger partial charge >= 0.3 is 5.97 Å². The van der Waals surface area contributed by atoms with Crippen LogP contribution in [0.5, 0.6) is 5.75 Å². The highest BCUT2D eigenvalue weighted by atomic mass is 35.5. The number of benzene rings is 2. The van der Waals surface area contributed by atoms with Gasteiger partial charge in [0.2, 0.25) is 5.91 Å². The second-order valence-corrected chi connectivity index (χ2v) is 5.44. The lowest BCUT2D eigenvalue weighted by Gasteiger charge is -2.08. The Morgan fingerprint density at radius 2 is 1.78 bits per heavy atom. The Kier molecular flexibility index (Phi) is 5.84. The summed E-state index contributed by atoms with van der Waals surface area (Å²) in [6.45, 7) is 0.187. The molecule has 0 unspecified atom stereocenters. The van der Waals surface area contributed by atoms with Gasteiger partial charge in [-0.1, -0.05) is 23.2 Å². The normalized spacial score (nSPS) is 10.2. The van der Waals surface area contributed by atoms with Gasteiger partial charge in [-0.25, -0.2) is 4.79 Å². The topological polar surface area (TPSA) is 75.6 Å². The lowest BCUT2D eigenvalue weighted by Crippen LogP contribution is -2.15. The van der Waals surface area contributed by atoms with Crippen molar-refractivity contribution in [2.24, 2.45) is 0 Å². The van der Waals surface area contributed by atoms with Crippen LogP contribution in [0.25, 0.3) is 0 Å². The molecule has 2 aromatic carbocycles. The number of carboxylic acid groups (broad SMARTS) is 1. The molecule has 2 rings (SSSR count). The van der Waals surface area contributed by atoms with Crippen LogP contribution in [0.4, 0.5) is 5.69 Å². The van der Waals surface area contributed by atoms with Gasteiger partial charge in [0.05, 0.1) is 23.6 Å². The summed E-state index contributed by atoms with van der Waals surface area (Å²) < 4.78 is 5.42. The molecule has 0 aromatic heterocycles. The van der Waals surface area contributed by atoms with Crippen LogP contribution < -0.4 is 10.1 Å². The fourth-order valence-electron chi connectivity index (χ4n) is 1.78. The number of rotatable bonds is 6. The van der Waals surface area contributed by atoms with Crippen LogP contribution in [0.3, 0.4) is 0 Å². The number of nitrogens with one attached hydrogen (secondary N) is 1. The number of carboxylic acids is 1. The second-order valence-electron chi connectivity index (χ2n) is 4.60. The van der Waals surface area contributed by atoms with Gasteiger partial charge in [0.1, 0.15) is 5.75 Å². The zero-order valence-electron chi connectivity index (χ0n) is 11.9.